The van der Waals surface area contributed by atoms with Crippen molar-refractivity contribution in [2.24, 2.45) is 0 Å². The van der Waals surface area contributed by atoms with Crippen LogP contribution in [0.25, 0.3) is 22.0 Å². The number of hydrogen-bond acceptors (Lipinski definition) is 5. The Balaban J connectivity index is 1.74. The van der Waals surface area contributed by atoms with Crippen LogP contribution in [0.15, 0.2) is 66.0 Å². The zero-order valence-corrected chi connectivity index (χ0v) is 17.5. The summed E-state index contributed by atoms with van der Waals surface area (Å²) in [5.41, 5.74) is 4.97. The number of methoxy groups -OCH3 is 1. The molecule has 4 aromatic rings. The molecule has 0 aliphatic heterocycles. The fourth-order valence-corrected chi connectivity index (χ4v) is 4.32. The van der Waals surface area contributed by atoms with Crippen LogP contribution in [0, 0.1) is 6.92 Å². The number of esters is 1. The SMILES string of the molecule is COC(=O)c1ccsc1NC(=O)Cc1c(C)nc2ccccc2c1-c1ccccc1. The first-order chi connectivity index (χ1) is 14.6. The Kier molecular flexibility index (Phi) is 5.59. The number of nitrogens with zero attached hydrogens (tertiary/aromatic N) is 1. The summed E-state index contributed by atoms with van der Waals surface area (Å²) < 4.78 is 4.79. The lowest BCUT2D eigenvalue weighted by molar-refractivity contribution is -0.115. The van der Waals surface area contributed by atoms with Gasteiger partial charge in [-0.1, -0.05) is 48.5 Å². The van der Waals surface area contributed by atoms with Gasteiger partial charge in [0.15, 0.2) is 0 Å². The summed E-state index contributed by atoms with van der Waals surface area (Å²) in [5, 5.41) is 6.10. The summed E-state index contributed by atoms with van der Waals surface area (Å²) >= 11 is 1.29. The van der Waals surface area contributed by atoms with E-state index >= 15 is 0 Å². The maximum absolute atomic E-state index is 12.9. The van der Waals surface area contributed by atoms with Crippen molar-refractivity contribution < 1.29 is 14.3 Å². The number of aromatic nitrogens is 1. The molecule has 0 unspecified atom stereocenters. The third-order valence-electron chi connectivity index (χ3n) is 4.92. The van der Waals surface area contributed by atoms with Crippen LogP contribution < -0.4 is 5.32 Å². The Morgan fingerprint density at radius 1 is 1.03 bits per heavy atom. The number of para-hydroxylation sites is 1. The molecule has 0 bridgehead atoms. The van der Waals surface area contributed by atoms with Crippen molar-refractivity contribution in [1.82, 2.24) is 4.98 Å². The van der Waals surface area contributed by atoms with Gasteiger partial charge < -0.3 is 10.1 Å². The van der Waals surface area contributed by atoms with Crippen LogP contribution in [0.1, 0.15) is 21.6 Å². The van der Waals surface area contributed by atoms with Gasteiger partial charge in [-0.3, -0.25) is 9.78 Å². The topological polar surface area (TPSA) is 68.3 Å². The fraction of sp³-hybridized carbons (Fsp3) is 0.125. The molecular weight excluding hydrogens is 396 g/mol. The summed E-state index contributed by atoms with van der Waals surface area (Å²) in [6, 6.07) is 19.6. The number of amides is 1. The molecule has 150 valence electrons. The monoisotopic (exact) mass is 416 g/mol. The first-order valence-electron chi connectivity index (χ1n) is 9.47. The van der Waals surface area contributed by atoms with Gasteiger partial charge in [-0.05, 0) is 41.1 Å². The number of carbonyl (C=O) groups is 2. The Morgan fingerprint density at radius 3 is 2.53 bits per heavy atom. The summed E-state index contributed by atoms with van der Waals surface area (Å²) in [6.07, 6.45) is 0.145. The smallest absolute Gasteiger partial charge is 0.340 e. The van der Waals surface area contributed by atoms with Gasteiger partial charge >= 0.3 is 5.97 Å². The average Bonchev–Trinajstić information content (AvgIpc) is 3.22. The number of pyridine rings is 1. The quantitative estimate of drug-likeness (QED) is 0.452. The van der Waals surface area contributed by atoms with E-state index in [2.05, 4.69) is 5.32 Å². The highest BCUT2D eigenvalue weighted by Gasteiger charge is 2.19. The number of thiophene rings is 1. The van der Waals surface area contributed by atoms with E-state index in [1.54, 1.807) is 11.4 Å². The minimum atomic E-state index is -0.472. The van der Waals surface area contributed by atoms with Crippen LogP contribution in [0.5, 0.6) is 0 Å². The highest BCUT2D eigenvalue weighted by atomic mass is 32.1. The first-order valence-corrected chi connectivity index (χ1v) is 10.4. The highest BCUT2D eigenvalue weighted by molar-refractivity contribution is 7.14. The van der Waals surface area contributed by atoms with Crippen molar-refractivity contribution in [3.8, 4) is 11.1 Å². The van der Waals surface area contributed by atoms with E-state index in [-0.39, 0.29) is 12.3 Å². The van der Waals surface area contributed by atoms with Crippen LogP contribution in [0.3, 0.4) is 0 Å². The van der Waals surface area contributed by atoms with Crippen LogP contribution >= 0.6 is 11.3 Å². The molecule has 0 fully saturated rings. The van der Waals surface area contributed by atoms with E-state index in [4.69, 9.17) is 9.72 Å². The Bertz CT molecular complexity index is 1230. The van der Waals surface area contributed by atoms with Gasteiger partial charge in [-0.15, -0.1) is 11.3 Å². The number of rotatable bonds is 5. The number of benzene rings is 2. The molecule has 2 aromatic carbocycles. The number of nitrogens with one attached hydrogen (secondary N) is 1. The highest BCUT2D eigenvalue weighted by Crippen LogP contribution is 2.33. The molecule has 0 radical (unpaired) electrons. The maximum atomic E-state index is 12.9. The van der Waals surface area contributed by atoms with Gasteiger partial charge in [-0.2, -0.15) is 0 Å². The molecule has 5 nitrogen and oxygen atoms in total. The molecule has 1 amide bonds. The lowest BCUT2D eigenvalue weighted by Gasteiger charge is -2.16. The van der Waals surface area contributed by atoms with E-state index in [0.717, 1.165) is 33.3 Å². The van der Waals surface area contributed by atoms with Gasteiger partial charge in [-0.25, -0.2) is 4.79 Å². The van der Waals surface area contributed by atoms with Gasteiger partial charge in [0.25, 0.3) is 0 Å². The predicted molar refractivity (Wildman–Crippen MR) is 120 cm³/mol. The molecule has 0 aliphatic carbocycles. The Hall–Kier alpha value is -3.51. The minimum Gasteiger partial charge on any atom is -0.465 e. The second kappa shape index (κ2) is 8.47. The zero-order chi connectivity index (χ0) is 21.1. The van der Waals surface area contributed by atoms with Crippen LogP contribution in [-0.4, -0.2) is 24.0 Å². The van der Waals surface area contributed by atoms with Crippen LogP contribution in [0.4, 0.5) is 5.00 Å². The number of ether oxygens (including phenoxy) is 1. The second-order valence-corrected chi connectivity index (χ2v) is 7.73. The van der Waals surface area contributed by atoms with E-state index in [1.807, 2.05) is 61.5 Å². The average molecular weight is 417 g/mol. The molecular formula is C24H20N2O3S. The van der Waals surface area contributed by atoms with Crippen molar-refractivity contribution in [3.05, 3.63) is 82.9 Å². The van der Waals surface area contributed by atoms with Crippen molar-refractivity contribution in [2.45, 2.75) is 13.3 Å². The van der Waals surface area contributed by atoms with E-state index in [1.165, 1.54) is 18.4 Å². The van der Waals surface area contributed by atoms with Gasteiger partial charge in [0, 0.05) is 11.1 Å². The fourth-order valence-electron chi connectivity index (χ4n) is 3.53. The van der Waals surface area contributed by atoms with E-state index in [9.17, 15) is 9.59 Å². The summed E-state index contributed by atoms with van der Waals surface area (Å²) in [5.74, 6) is -0.681. The number of aryl methyl sites for hydroxylation is 1. The van der Waals surface area contributed by atoms with Gasteiger partial charge in [0.2, 0.25) is 5.91 Å². The molecule has 1 N–H and O–H groups in total. The number of fused-ring (bicyclic) bond motifs is 1. The normalized spacial score (nSPS) is 10.7. The summed E-state index contributed by atoms with van der Waals surface area (Å²) in [7, 11) is 1.32. The van der Waals surface area contributed by atoms with Crippen molar-refractivity contribution >= 4 is 39.1 Å². The van der Waals surface area contributed by atoms with Gasteiger partial charge in [0.1, 0.15) is 5.00 Å². The van der Waals surface area contributed by atoms with E-state index in [0.29, 0.717) is 10.6 Å². The molecule has 0 atom stereocenters. The molecule has 0 aliphatic rings. The number of hydrogen-bond donors (Lipinski definition) is 1. The molecule has 0 saturated heterocycles. The predicted octanol–water partition coefficient (Wildman–Crippen LogP) is 5.24. The maximum Gasteiger partial charge on any atom is 0.340 e. The number of carbonyl (C=O) groups excluding carboxylic acids is 2. The summed E-state index contributed by atoms with van der Waals surface area (Å²) in [6.45, 7) is 1.92. The zero-order valence-electron chi connectivity index (χ0n) is 16.6. The molecule has 30 heavy (non-hydrogen) atoms. The second-order valence-electron chi connectivity index (χ2n) is 6.81. The third kappa shape index (κ3) is 3.82. The van der Waals surface area contributed by atoms with E-state index < -0.39 is 5.97 Å². The molecule has 0 spiro atoms. The lowest BCUT2D eigenvalue weighted by atomic mass is 9.92. The number of anilines is 1. The molecule has 2 heterocycles. The Labute approximate surface area is 178 Å². The first kappa shape index (κ1) is 19.8. The van der Waals surface area contributed by atoms with Crippen molar-refractivity contribution in [1.29, 1.82) is 0 Å². The van der Waals surface area contributed by atoms with Gasteiger partial charge in [0.05, 0.1) is 24.6 Å². The lowest BCUT2D eigenvalue weighted by Crippen LogP contribution is -2.17. The Morgan fingerprint density at radius 2 is 1.77 bits per heavy atom. The molecule has 2 aromatic heterocycles. The van der Waals surface area contributed by atoms with Crippen molar-refractivity contribution in [2.75, 3.05) is 12.4 Å². The largest absolute Gasteiger partial charge is 0.465 e. The molecule has 0 saturated carbocycles. The molecule has 4 rings (SSSR count). The molecule has 6 heteroatoms. The third-order valence-corrected chi connectivity index (χ3v) is 5.75. The van der Waals surface area contributed by atoms with Crippen molar-refractivity contribution in [3.63, 3.8) is 0 Å². The standard InChI is InChI=1S/C24H20N2O3S/c1-15-19(14-21(27)26-23-18(12-13-30-23)24(28)29-2)22(16-8-4-3-5-9-16)17-10-6-7-11-20(17)25-15/h3-13H,14H2,1-2H3,(H,26,27). The van der Waals surface area contributed by atoms with Crippen LogP contribution in [0.2, 0.25) is 0 Å². The van der Waals surface area contributed by atoms with Crippen LogP contribution in [-0.2, 0) is 16.0 Å². The minimum absolute atomic E-state index is 0.145. The summed E-state index contributed by atoms with van der Waals surface area (Å²) in [4.78, 5) is 29.5.